The fourth-order valence-electron chi connectivity index (χ4n) is 1.26. The van der Waals surface area contributed by atoms with E-state index in [0.717, 1.165) is 30.8 Å². The molecule has 0 fully saturated rings. The Labute approximate surface area is 85.7 Å². The number of hydrogen-bond donors (Lipinski definition) is 2. The van der Waals surface area contributed by atoms with Crippen LogP contribution in [0.25, 0.3) is 0 Å². The average Bonchev–Trinajstić information content (AvgIpc) is 2.17. The van der Waals surface area contributed by atoms with E-state index in [0.29, 0.717) is 6.04 Å². The molecule has 78 valence electrons. The summed E-state index contributed by atoms with van der Waals surface area (Å²) in [7, 11) is 0. The first-order chi connectivity index (χ1) is 6.72. The minimum absolute atomic E-state index is 0.311. The standard InChI is InChI=1S/C11H19N3/c1-3-10(12)4-6-14-11-5-7-13-9(2)8-11/h5,7-8,10H,3-4,6,12H2,1-2H3,(H,13,14). The monoisotopic (exact) mass is 193 g/mol. The molecule has 1 heterocycles. The molecule has 0 aromatic carbocycles. The lowest BCUT2D eigenvalue weighted by Crippen LogP contribution is -2.22. The van der Waals surface area contributed by atoms with Crippen LogP contribution < -0.4 is 11.1 Å². The van der Waals surface area contributed by atoms with Crippen molar-refractivity contribution in [2.24, 2.45) is 5.73 Å². The predicted molar refractivity (Wildman–Crippen MR) is 60.3 cm³/mol. The molecule has 0 aliphatic carbocycles. The lowest BCUT2D eigenvalue weighted by Gasteiger charge is -2.10. The van der Waals surface area contributed by atoms with E-state index in [-0.39, 0.29) is 0 Å². The van der Waals surface area contributed by atoms with Gasteiger partial charge in [0.05, 0.1) is 0 Å². The van der Waals surface area contributed by atoms with Gasteiger partial charge in [-0.3, -0.25) is 4.98 Å². The first-order valence-corrected chi connectivity index (χ1v) is 5.14. The van der Waals surface area contributed by atoms with E-state index in [9.17, 15) is 0 Å². The largest absolute Gasteiger partial charge is 0.385 e. The second-order valence-corrected chi connectivity index (χ2v) is 3.57. The lowest BCUT2D eigenvalue weighted by atomic mass is 10.2. The summed E-state index contributed by atoms with van der Waals surface area (Å²) in [6.45, 7) is 5.03. The average molecular weight is 193 g/mol. The highest BCUT2D eigenvalue weighted by Gasteiger charge is 1.98. The molecule has 0 saturated carbocycles. The van der Waals surface area contributed by atoms with Crippen LogP contribution in [-0.2, 0) is 0 Å². The summed E-state index contributed by atoms with van der Waals surface area (Å²) < 4.78 is 0. The molecule has 3 N–H and O–H groups in total. The number of anilines is 1. The Morgan fingerprint density at radius 3 is 3.00 bits per heavy atom. The number of nitrogens with zero attached hydrogens (tertiary/aromatic N) is 1. The van der Waals surface area contributed by atoms with Crippen molar-refractivity contribution in [2.75, 3.05) is 11.9 Å². The van der Waals surface area contributed by atoms with Gasteiger partial charge in [-0.1, -0.05) is 6.92 Å². The lowest BCUT2D eigenvalue weighted by molar-refractivity contribution is 0.613. The second-order valence-electron chi connectivity index (χ2n) is 3.57. The fraction of sp³-hybridized carbons (Fsp3) is 0.545. The minimum atomic E-state index is 0.311. The molecular formula is C11H19N3. The maximum atomic E-state index is 5.81. The predicted octanol–water partition coefficient (Wildman–Crippen LogP) is 1.93. The van der Waals surface area contributed by atoms with Gasteiger partial charge in [0.2, 0.25) is 0 Å². The van der Waals surface area contributed by atoms with E-state index in [4.69, 9.17) is 5.73 Å². The van der Waals surface area contributed by atoms with Crippen molar-refractivity contribution in [3.05, 3.63) is 24.0 Å². The summed E-state index contributed by atoms with van der Waals surface area (Å²) in [5, 5.41) is 3.33. The zero-order chi connectivity index (χ0) is 10.4. The summed E-state index contributed by atoms with van der Waals surface area (Å²) in [5.74, 6) is 0. The Bertz CT molecular complexity index is 273. The summed E-state index contributed by atoms with van der Waals surface area (Å²) in [4.78, 5) is 4.13. The molecule has 0 aliphatic heterocycles. The molecule has 3 heteroatoms. The molecule has 0 radical (unpaired) electrons. The highest BCUT2D eigenvalue weighted by Crippen LogP contribution is 2.07. The molecule has 1 atom stereocenters. The molecule has 0 bridgehead atoms. The molecule has 1 unspecified atom stereocenters. The SMILES string of the molecule is CCC(N)CCNc1ccnc(C)c1. The Kier molecular flexibility index (Phi) is 4.40. The van der Waals surface area contributed by atoms with Gasteiger partial charge < -0.3 is 11.1 Å². The van der Waals surface area contributed by atoms with Gasteiger partial charge in [0.1, 0.15) is 0 Å². The van der Waals surface area contributed by atoms with Gasteiger partial charge in [0.15, 0.2) is 0 Å². The van der Waals surface area contributed by atoms with Crippen LogP contribution in [0.4, 0.5) is 5.69 Å². The molecule has 0 saturated heterocycles. The van der Waals surface area contributed by atoms with Gasteiger partial charge >= 0.3 is 0 Å². The number of aromatic nitrogens is 1. The number of nitrogens with two attached hydrogens (primary N) is 1. The van der Waals surface area contributed by atoms with Crippen LogP contribution in [0, 0.1) is 6.92 Å². The summed E-state index contributed by atoms with van der Waals surface area (Å²) >= 11 is 0. The Hall–Kier alpha value is -1.09. The number of nitrogens with one attached hydrogen (secondary N) is 1. The van der Waals surface area contributed by atoms with Crippen molar-refractivity contribution in [3.63, 3.8) is 0 Å². The van der Waals surface area contributed by atoms with Crippen molar-refractivity contribution in [1.29, 1.82) is 0 Å². The molecule has 1 aromatic rings. The highest BCUT2D eigenvalue weighted by atomic mass is 14.9. The van der Waals surface area contributed by atoms with Gasteiger partial charge in [-0.05, 0) is 31.9 Å². The van der Waals surface area contributed by atoms with Crippen LogP contribution in [0.3, 0.4) is 0 Å². The Balaban J connectivity index is 2.31. The van der Waals surface area contributed by atoms with Gasteiger partial charge in [0.25, 0.3) is 0 Å². The van der Waals surface area contributed by atoms with Crippen LogP contribution in [0.5, 0.6) is 0 Å². The minimum Gasteiger partial charge on any atom is -0.385 e. The van der Waals surface area contributed by atoms with E-state index in [1.54, 1.807) is 0 Å². The van der Waals surface area contributed by atoms with Crippen LogP contribution in [-0.4, -0.2) is 17.6 Å². The quantitative estimate of drug-likeness (QED) is 0.751. The normalized spacial score (nSPS) is 12.5. The van der Waals surface area contributed by atoms with Crippen LogP contribution >= 0.6 is 0 Å². The second kappa shape index (κ2) is 5.60. The van der Waals surface area contributed by atoms with E-state index in [2.05, 4.69) is 17.2 Å². The van der Waals surface area contributed by atoms with Crippen molar-refractivity contribution in [1.82, 2.24) is 4.98 Å². The maximum absolute atomic E-state index is 5.81. The Morgan fingerprint density at radius 1 is 1.57 bits per heavy atom. The number of pyridine rings is 1. The smallest absolute Gasteiger partial charge is 0.0393 e. The van der Waals surface area contributed by atoms with E-state index in [1.165, 1.54) is 0 Å². The molecule has 0 amide bonds. The number of rotatable bonds is 5. The molecule has 1 rings (SSSR count). The molecular weight excluding hydrogens is 174 g/mol. The van der Waals surface area contributed by atoms with Crippen LogP contribution in [0.1, 0.15) is 25.5 Å². The highest BCUT2D eigenvalue weighted by molar-refractivity contribution is 5.42. The van der Waals surface area contributed by atoms with Crippen molar-refractivity contribution < 1.29 is 0 Å². The third-order valence-corrected chi connectivity index (χ3v) is 2.27. The fourth-order valence-corrected chi connectivity index (χ4v) is 1.26. The van der Waals surface area contributed by atoms with E-state index < -0.39 is 0 Å². The zero-order valence-corrected chi connectivity index (χ0v) is 8.96. The van der Waals surface area contributed by atoms with E-state index in [1.807, 2.05) is 25.3 Å². The van der Waals surface area contributed by atoms with Gasteiger partial charge in [-0.25, -0.2) is 0 Å². The maximum Gasteiger partial charge on any atom is 0.0393 e. The van der Waals surface area contributed by atoms with Gasteiger partial charge in [-0.15, -0.1) is 0 Å². The van der Waals surface area contributed by atoms with Crippen molar-refractivity contribution in [2.45, 2.75) is 32.7 Å². The third kappa shape index (κ3) is 3.75. The summed E-state index contributed by atoms with van der Waals surface area (Å²) in [6, 6.07) is 4.33. The molecule has 0 aliphatic rings. The number of hydrogen-bond acceptors (Lipinski definition) is 3. The summed E-state index contributed by atoms with van der Waals surface area (Å²) in [6.07, 6.45) is 3.87. The molecule has 3 nitrogen and oxygen atoms in total. The summed E-state index contributed by atoms with van der Waals surface area (Å²) in [5.41, 5.74) is 7.98. The van der Waals surface area contributed by atoms with E-state index >= 15 is 0 Å². The van der Waals surface area contributed by atoms with Gasteiger partial charge in [0, 0.05) is 30.2 Å². The Morgan fingerprint density at radius 2 is 2.36 bits per heavy atom. The molecule has 0 spiro atoms. The number of aryl methyl sites for hydroxylation is 1. The van der Waals surface area contributed by atoms with Crippen LogP contribution in [0.2, 0.25) is 0 Å². The van der Waals surface area contributed by atoms with Crippen molar-refractivity contribution in [3.8, 4) is 0 Å². The zero-order valence-electron chi connectivity index (χ0n) is 8.96. The first-order valence-electron chi connectivity index (χ1n) is 5.14. The van der Waals surface area contributed by atoms with Crippen molar-refractivity contribution >= 4 is 5.69 Å². The molecule has 1 aromatic heterocycles. The van der Waals surface area contributed by atoms with Crippen LogP contribution in [0.15, 0.2) is 18.3 Å². The topological polar surface area (TPSA) is 50.9 Å². The first kappa shape index (κ1) is 11.0. The third-order valence-electron chi connectivity index (χ3n) is 2.27. The van der Waals surface area contributed by atoms with Gasteiger partial charge in [-0.2, -0.15) is 0 Å². The molecule has 14 heavy (non-hydrogen) atoms.